The largest absolute Gasteiger partial charge is 0.460 e. The lowest BCUT2D eigenvalue weighted by Crippen LogP contribution is -2.31. The van der Waals surface area contributed by atoms with Crippen molar-refractivity contribution in [3.63, 3.8) is 0 Å². The van der Waals surface area contributed by atoms with E-state index in [9.17, 15) is 9.59 Å². The first-order valence-corrected chi connectivity index (χ1v) is 6.30. The van der Waals surface area contributed by atoms with Crippen LogP contribution in [0.1, 0.15) is 40.5 Å². The highest BCUT2D eigenvalue weighted by Gasteiger charge is 2.18. The number of carbonyl (C=O) groups is 2. The van der Waals surface area contributed by atoms with Crippen LogP contribution in [0.2, 0.25) is 0 Å². The van der Waals surface area contributed by atoms with E-state index in [1.165, 1.54) is 0 Å². The molecule has 0 saturated heterocycles. The van der Waals surface area contributed by atoms with Crippen molar-refractivity contribution in [2.45, 2.75) is 46.1 Å². The Balaban J connectivity index is 3.85. The van der Waals surface area contributed by atoms with Crippen LogP contribution in [0.15, 0.2) is 0 Å². The molecule has 5 heteroatoms. The van der Waals surface area contributed by atoms with Gasteiger partial charge in [0.2, 0.25) is 5.91 Å². The van der Waals surface area contributed by atoms with Crippen molar-refractivity contribution >= 4 is 11.9 Å². The number of rotatable bonds is 7. The first-order valence-electron chi connectivity index (χ1n) is 6.30. The molecule has 0 aliphatic carbocycles. The molecule has 18 heavy (non-hydrogen) atoms. The topological polar surface area (TPSA) is 55.8 Å². The van der Waals surface area contributed by atoms with Gasteiger partial charge in [-0.3, -0.25) is 9.59 Å². The maximum atomic E-state index is 11.7. The fourth-order valence-corrected chi connectivity index (χ4v) is 1.26. The van der Waals surface area contributed by atoms with Crippen LogP contribution in [0.25, 0.3) is 0 Å². The first kappa shape index (κ1) is 16.9. The van der Waals surface area contributed by atoms with Gasteiger partial charge in [0.15, 0.2) is 0 Å². The van der Waals surface area contributed by atoms with Gasteiger partial charge in [-0.1, -0.05) is 0 Å². The summed E-state index contributed by atoms with van der Waals surface area (Å²) in [6.07, 6.45) is 0.298. The highest BCUT2D eigenvalue weighted by Crippen LogP contribution is 2.09. The highest BCUT2D eigenvalue weighted by atomic mass is 16.6. The quantitative estimate of drug-likeness (QED) is 0.515. The Hall–Kier alpha value is -1.10. The number of hydrogen-bond donors (Lipinski definition) is 0. The van der Waals surface area contributed by atoms with E-state index in [2.05, 4.69) is 0 Å². The zero-order valence-corrected chi connectivity index (χ0v) is 12.1. The maximum absolute atomic E-state index is 11.7. The van der Waals surface area contributed by atoms with Crippen molar-refractivity contribution in [2.24, 2.45) is 0 Å². The Morgan fingerprint density at radius 3 is 2.28 bits per heavy atom. The molecule has 0 aromatic heterocycles. The van der Waals surface area contributed by atoms with Crippen molar-refractivity contribution in [3.05, 3.63) is 0 Å². The number of nitrogens with zero attached hydrogens (tertiary/aromatic N) is 1. The van der Waals surface area contributed by atoms with Crippen LogP contribution in [0.5, 0.6) is 0 Å². The number of ether oxygens (including phenoxy) is 2. The molecule has 0 aromatic rings. The van der Waals surface area contributed by atoms with Crippen molar-refractivity contribution in [1.82, 2.24) is 4.90 Å². The van der Waals surface area contributed by atoms with Crippen LogP contribution < -0.4 is 0 Å². The number of carbonyl (C=O) groups excluding carboxylic acids is 2. The van der Waals surface area contributed by atoms with Crippen LogP contribution in [0, 0.1) is 0 Å². The standard InChI is InChI=1S/C13H25NO4/c1-6-17-10-9-14(5)11(15)7-8-12(16)18-13(2,3)4/h6-10H2,1-5H3. The predicted octanol–water partition coefficient (Wildman–Crippen LogP) is 1.60. The van der Waals surface area contributed by atoms with Crippen molar-refractivity contribution in [2.75, 3.05) is 26.8 Å². The summed E-state index contributed by atoms with van der Waals surface area (Å²) in [4.78, 5) is 24.7. The first-order chi connectivity index (χ1) is 8.26. The molecule has 0 radical (unpaired) electrons. The summed E-state index contributed by atoms with van der Waals surface area (Å²) >= 11 is 0. The van der Waals surface area contributed by atoms with Crippen molar-refractivity contribution in [1.29, 1.82) is 0 Å². The van der Waals surface area contributed by atoms with Crippen LogP contribution in [-0.2, 0) is 19.1 Å². The lowest BCUT2D eigenvalue weighted by atomic mass is 10.2. The SMILES string of the molecule is CCOCCN(C)C(=O)CCC(=O)OC(C)(C)C. The summed E-state index contributed by atoms with van der Waals surface area (Å²) in [5, 5.41) is 0. The third-order valence-corrected chi connectivity index (χ3v) is 2.16. The maximum Gasteiger partial charge on any atom is 0.306 e. The van der Waals surface area contributed by atoms with E-state index >= 15 is 0 Å². The van der Waals surface area contributed by atoms with E-state index in [1.54, 1.807) is 32.7 Å². The minimum atomic E-state index is -0.499. The Bertz CT molecular complexity index is 271. The molecule has 106 valence electrons. The average molecular weight is 259 g/mol. The van der Waals surface area contributed by atoms with E-state index in [4.69, 9.17) is 9.47 Å². The molecule has 0 rings (SSSR count). The fourth-order valence-electron chi connectivity index (χ4n) is 1.26. The van der Waals surface area contributed by atoms with Gasteiger partial charge in [0.05, 0.1) is 13.0 Å². The molecule has 0 saturated carbocycles. The van der Waals surface area contributed by atoms with Gasteiger partial charge in [0, 0.05) is 26.6 Å². The molecule has 0 aromatic carbocycles. The third kappa shape index (κ3) is 8.98. The van der Waals surface area contributed by atoms with E-state index in [-0.39, 0.29) is 24.7 Å². The molecule has 0 fully saturated rings. The molecule has 0 heterocycles. The van der Waals surface area contributed by atoms with Crippen LogP contribution >= 0.6 is 0 Å². The van der Waals surface area contributed by atoms with E-state index < -0.39 is 5.60 Å². The smallest absolute Gasteiger partial charge is 0.306 e. The summed E-state index contributed by atoms with van der Waals surface area (Å²) in [7, 11) is 1.70. The molecule has 0 aliphatic rings. The van der Waals surface area contributed by atoms with Crippen LogP contribution in [0.4, 0.5) is 0 Å². The summed E-state index contributed by atoms with van der Waals surface area (Å²) in [6.45, 7) is 9.03. The van der Waals surface area contributed by atoms with Gasteiger partial charge < -0.3 is 14.4 Å². The second-order valence-corrected chi connectivity index (χ2v) is 5.10. The zero-order chi connectivity index (χ0) is 14.2. The van der Waals surface area contributed by atoms with Gasteiger partial charge in [-0.15, -0.1) is 0 Å². The van der Waals surface area contributed by atoms with Gasteiger partial charge in [-0.2, -0.15) is 0 Å². The molecule has 0 atom stereocenters. The normalized spacial score (nSPS) is 11.2. The lowest BCUT2D eigenvalue weighted by molar-refractivity contribution is -0.156. The molecule has 0 spiro atoms. The zero-order valence-electron chi connectivity index (χ0n) is 12.1. The fraction of sp³-hybridized carbons (Fsp3) is 0.846. The lowest BCUT2D eigenvalue weighted by Gasteiger charge is -2.20. The minimum Gasteiger partial charge on any atom is -0.460 e. The number of hydrogen-bond acceptors (Lipinski definition) is 4. The molecule has 0 bridgehead atoms. The van der Waals surface area contributed by atoms with Gasteiger partial charge in [0.25, 0.3) is 0 Å². The van der Waals surface area contributed by atoms with Gasteiger partial charge >= 0.3 is 5.97 Å². The van der Waals surface area contributed by atoms with Crippen molar-refractivity contribution < 1.29 is 19.1 Å². The van der Waals surface area contributed by atoms with Gasteiger partial charge in [-0.05, 0) is 27.7 Å². The Morgan fingerprint density at radius 2 is 1.78 bits per heavy atom. The molecule has 0 aliphatic heterocycles. The Labute approximate surface area is 109 Å². The van der Waals surface area contributed by atoms with Gasteiger partial charge in [-0.25, -0.2) is 0 Å². The van der Waals surface area contributed by atoms with Crippen LogP contribution in [-0.4, -0.2) is 49.2 Å². The van der Waals surface area contributed by atoms with E-state index in [0.29, 0.717) is 19.8 Å². The van der Waals surface area contributed by atoms with E-state index in [0.717, 1.165) is 0 Å². The van der Waals surface area contributed by atoms with E-state index in [1.807, 2.05) is 6.92 Å². The second-order valence-electron chi connectivity index (χ2n) is 5.10. The van der Waals surface area contributed by atoms with Crippen LogP contribution in [0.3, 0.4) is 0 Å². The summed E-state index contributed by atoms with van der Waals surface area (Å²) in [5.41, 5.74) is -0.499. The third-order valence-electron chi connectivity index (χ3n) is 2.16. The highest BCUT2D eigenvalue weighted by molar-refractivity contribution is 5.81. The van der Waals surface area contributed by atoms with Crippen molar-refractivity contribution in [3.8, 4) is 0 Å². The molecular formula is C13H25NO4. The Kier molecular flexibility index (Phi) is 7.59. The minimum absolute atomic E-state index is 0.0689. The predicted molar refractivity (Wildman–Crippen MR) is 69.2 cm³/mol. The number of likely N-dealkylation sites (N-methyl/N-ethyl adjacent to an activating group) is 1. The summed E-state index contributed by atoms with van der Waals surface area (Å²) < 4.78 is 10.3. The average Bonchev–Trinajstić information content (AvgIpc) is 2.23. The number of esters is 1. The Morgan fingerprint density at radius 1 is 1.17 bits per heavy atom. The second kappa shape index (κ2) is 8.08. The molecular weight excluding hydrogens is 234 g/mol. The molecule has 1 amide bonds. The summed E-state index contributed by atoms with van der Waals surface area (Å²) in [5.74, 6) is -0.408. The van der Waals surface area contributed by atoms with Gasteiger partial charge in [0.1, 0.15) is 5.60 Å². The molecule has 5 nitrogen and oxygen atoms in total. The monoisotopic (exact) mass is 259 g/mol. The number of amides is 1. The molecule has 0 unspecified atom stereocenters. The summed E-state index contributed by atoms with van der Waals surface area (Å²) in [6, 6.07) is 0. The molecule has 0 N–H and O–H groups in total.